The minimum absolute atomic E-state index is 0. The zero-order chi connectivity index (χ0) is 15.8. The Kier molecular flexibility index (Phi) is 9.68. The molecule has 1 fully saturated rings. The highest BCUT2D eigenvalue weighted by atomic mass is 35.5. The molecular weight excluding hydrogens is 328 g/mol. The average Bonchev–Trinajstić information content (AvgIpc) is 2.58. The zero-order valence-electron chi connectivity index (χ0n) is 14.2. The van der Waals surface area contributed by atoms with E-state index in [1.165, 1.54) is 4.90 Å². The van der Waals surface area contributed by atoms with E-state index in [0.717, 1.165) is 51.4 Å². The predicted molar refractivity (Wildman–Crippen MR) is 101 cm³/mol. The number of rotatable bonds is 7. The minimum Gasteiger partial charge on any atom is -0.342 e. The van der Waals surface area contributed by atoms with Crippen molar-refractivity contribution >= 4 is 30.1 Å². The highest BCUT2D eigenvalue weighted by Gasteiger charge is 2.27. The summed E-state index contributed by atoms with van der Waals surface area (Å²) in [5, 5.41) is 3.47. The van der Waals surface area contributed by atoms with Gasteiger partial charge < -0.3 is 10.2 Å². The molecule has 1 N–H and O–H groups in total. The molecule has 1 aromatic carbocycles. The summed E-state index contributed by atoms with van der Waals surface area (Å²) < 4.78 is 0. The van der Waals surface area contributed by atoms with Gasteiger partial charge in [-0.15, -0.1) is 24.2 Å². The molecule has 130 valence electrons. The molecule has 0 saturated carbocycles. The summed E-state index contributed by atoms with van der Waals surface area (Å²) >= 11 is 1.70. The van der Waals surface area contributed by atoms with Crippen LogP contribution in [0.1, 0.15) is 33.1 Å². The molecule has 23 heavy (non-hydrogen) atoms. The van der Waals surface area contributed by atoms with Gasteiger partial charge in [-0.1, -0.05) is 32.0 Å². The molecule has 1 aliphatic rings. The minimum atomic E-state index is 0. The Bertz CT molecular complexity index is 450. The predicted octanol–water partition coefficient (Wildman–Crippen LogP) is 3.83. The molecule has 0 aliphatic carbocycles. The average molecular weight is 357 g/mol. The van der Waals surface area contributed by atoms with Crippen LogP contribution in [0.3, 0.4) is 0 Å². The van der Waals surface area contributed by atoms with E-state index in [1.807, 2.05) is 18.2 Å². The van der Waals surface area contributed by atoms with Crippen molar-refractivity contribution in [2.45, 2.75) is 43.3 Å². The number of halogens is 1. The second-order valence-corrected chi connectivity index (χ2v) is 7.18. The number of carbonyl (C=O) groups is 1. The summed E-state index contributed by atoms with van der Waals surface area (Å²) in [7, 11) is 0. The largest absolute Gasteiger partial charge is 0.342 e. The summed E-state index contributed by atoms with van der Waals surface area (Å²) in [5.74, 6) is 1.05. The van der Waals surface area contributed by atoms with Crippen LogP contribution in [0.15, 0.2) is 35.2 Å². The van der Waals surface area contributed by atoms with Crippen molar-refractivity contribution in [2.24, 2.45) is 5.92 Å². The van der Waals surface area contributed by atoms with E-state index in [0.29, 0.717) is 5.91 Å². The maximum atomic E-state index is 12.7. The Hall–Kier alpha value is -0.710. The number of likely N-dealkylation sites (tertiary alicyclic amines) is 1. The highest BCUT2D eigenvalue weighted by Crippen LogP contribution is 2.28. The Morgan fingerprint density at radius 3 is 2.48 bits per heavy atom. The first-order valence-electron chi connectivity index (χ1n) is 8.45. The molecule has 1 saturated heterocycles. The van der Waals surface area contributed by atoms with Crippen LogP contribution < -0.4 is 5.32 Å². The Morgan fingerprint density at radius 1 is 1.26 bits per heavy atom. The van der Waals surface area contributed by atoms with E-state index < -0.39 is 0 Å². The molecule has 0 aromatic heterocycles. The van der Waals surface area contributed by atoms with Gasteiger partial charge in [-0.2, -0.15) is 0 Å². The number of thioether (sulfide) groups is 1. The molecule has 0 spiro atoms. The van der Waals surface area contributed by atoms with Gasteiger partial charge in [-0.25, -0.2) is 0 Å². The van der Waals surface area contributed by atoms with Gasteiger partial charge in [0.05, 0.1) is 5.25 Å². The molecule has 1 heterocycles. The van der Waals surface area contributed by atoms with Crippen molar-refractivity contribution in [1.29, 1.82) is 0 Å². The van der Waals surface area contributed by atoms with Crippen molar-refractivity contribution in [2.75, 3.05) is 26.2 Å². The fraction of sp³-hybridized carbons (Fsp3) is 0.611. The SMILES string of the molecule is CCNCC1CCN(C(=O)C(CC)Sc2ccccc2)CC1.Cl. The quantitative estimate of drug-likeness (QED) is 0.753. The van der Waals surface area contributed by atoms with Gasteiger partial charge in [0.1, 0.15) is 0 Å². The Morgan fingerprint density at radius 2 is 1.91 bits per heavy atom. The van der Waals surface area contributed by atoms with E-state index in [4.69, 9.17) is 0 Å². The van der Waals surface area contributed by atoms with Gasteiger partial charge in [0.25, 0.3) is 0 Å². The summed E-state index contributed by atoms with van der Waals surface area (Å²) in [6, 6.07) is 10.3. The Labute approximate surface area is 151 Å². The maximum absolute atomic E-state index is 12.7. The summed E-state index contributed by atoms with van der Waals surface area (Å²) in [4.78, 5) is 16.0. The standard InChI is InChI=1S/C18H28N2OS.ClH/c1-3-17(22-16-8-6-5-7-9-16)18(21)20-12-10-15(11-13-20)14-19-4-2;/h5-9,15,17,19H,3-4,10-14H2,1-2H3;1H. The van der Waals surface area contributed by atoms with Crippen molar-refractivity contribution < 1.29 is 4.79 Å². The molecule has 0 bridgehead atoms. The summed E-state index contributed by atoms with van der Waals surface area (Å²) in [6.07, 6.45) is 3.14. The van der Waals surface area contributed by atoms with Crippen LogP contribution in [0.2, 0.25) is 0 Å². The van der Waals surface area contributed by atoms with Crippen LogP contribution in [0.4, 0.5) is 0 Å². The normalized spacial score (nSPS) is 16.7. The Balaban J connectivity index is 0.00000264. The molecule has 1 unspecified atom stereocenters. The second-order valence-electron chi connectivity index (χ2n) is 5.90. The molecule has 3 nitrogen and oxygen atoms in total. The monoisotopic (exact) mass is 356 g/mol. The summed E-state index contributed by atoms with van der Waals surface area (Å²) in [6.45, 7) is 8.21. The van der Waals surface area contributed by atoms with Crippen molar-refractivity contribution in [3.63, 3.8) is 0 Å². The van der Waals surface area contributed by atoms with Gasteiger partial charge in [0, 0.05) is 18.0 Å². The number of nitrogens with zero attached hydrogens (tertiary/aromatic N) is 1. The molecule has 1 atom stereocenters. The van der Waals surface area contributed by atoms with Crippen LogP contribution in [0.25, 0.3) is 0 Å². The van der Waals surface area contributed by atoms with Crippen LogP contribution in [0, 0.1) is 5.92 Å². The maximum Gasteiger partial charge on any atom is 0.236 e. The molecule has 5 heteroatoms. The number of hydrogen-bond acceptors (Lipinski definition) is 3. The van der Waals surface area contributed by atoms with Gasteiger partial charge >= 0.3 is 0 Å². The van der Waals surface area contributed by atoms with E-state index in [1.54, 1.807) is 11.8 Å². The smallest absolute Gasteiger partial charge is 0.236 e. The van der Waals surface area contributed by atoms with Gasteiger partial charge in [0.2, 0.25) is 5.91 Å². The number of amides is 1. The third kappa shape index (κ3) is 6.36. The van der Waals surface area contributed by atoms with Gasteiger partial charge in [-0.3, -0.25) is 4.79 Å². The molecular formula is C18H29ClN2OS. The molecule has 1 aromatic rings. The lowest BCUT2D eigenvalue weighted by Gasteiger charge is -2.34. The number of hydrogen-bond donors (Lipinski definition) is 1. The highest BCUT2D eigenvalue weighted by molar-refractivity contribution is 8.00. The number of benzene rings is 1. The first kappa shape index (κ1) is 20.3. The molecule has 2 rings (SSSR count). The van der Waals surface area contributed by atoms with Crippen LogP contribution in [-0.4, -0.2) is 42.2 Å². The van der Waals surface area contributed by atoms with E-state index in [-0.39, 0.29) is 17.7 Å². The van der Waals surface area contributed by atoms with E-state index in [9.17, 15) is 4.79 Å². The second kappa shape index (κ2) is 11.0. The lowest BCUT2D eigenvalue weighted by molar-refractivity contribution is -0.132. The number of nitrogens with one attached hydrogen (secondary N) is 1. The van der Waals surface area contributed by atoms with Gasteiger partial charge in [-0.05, 0) is 50.4 Å². The lowest BCUT2D eigenvalue weighted by atomic mass is 9.96. The first-order chi connectivity index (χ1) is 10.7. The van der Waals surface area contributed by atoms with Crippen molar-refractivity contribution in [3.05, 3.63) is 30.3 Å². The van der Waals surface area contributed by atoms with Crippen LogP contribution in [-0.2, 0) is 4.79 Å². The fourth-order valence-electron chi connectivity index (χ4n) is 2.88. The first-order valence-corrected chi connectivity index (χ1v) is 9.33. The molecule has 1 aliphatic heterocycles. The summed E-state index contributed by atoms with van der Waals surface area (Å²) in [5.41, 5.74) is 0. The van der Waals surface area contributed by atoms with Crippen LogP contribution >= 0.6 is 24.2 Å². The zero-order valence-corrected chi connectivity index (χ0v) is 15.8. The van der Waals surface area contributed by atoms with E-state index >= 15 is 0 Å². The number of carbonyl (C=O) groups excluding carboxylic acids is 1. The van der Waals surface area contributed by atoms with E-state index in [2.05, 4.69) is 36.2 Å². The van der Waals surface area contributed by atoms with Crippen LogP contribution in [0.5, 0.6) is 0 Å². The van der Waals surface area contributed by atoms with Gasteiger partial charge in [0.15, 0.2) is 0 Å². The molecule has 1 amide bonds. The topological polar surface area (TPSA) is 32.3 Å². The molecule has 0 radical (unpaired) electrons. The lowest BCUT2D eigenvalue weighted by Crippen LogP contribution is -2.44. The third-order valence-electron chi connectivity index (χ3n) is 4.28. The number of piperidine rings is 1. The van der Waals surface area contributed by atoms with Crippen molar-refractivity contribution in [1.82, 2.24) is 10.2 Å². The third-order valence-corrected chi connectivity index (χ3v) is 5.64. The van der Waals surface area contributed by atoms with Crippen molar-refractivity contribution in [3.8, 4) is 0 Å². The fourth-order valence-corrected chi connectivity index (χ4v) is 3.94.